The lowest BCUT2D eigenvalue weighted by Gasteiger charge is -2.34. The van der Waals surface area contributed by atoms with Gasteiger partial charge in [0.1, 0.15) is 0 Å². The highest BCUT2D eigenvalue weighted by molar-refractivity contribution is 5.91. The molecule has 1 fully saturated rings. The molecule has 12 nitrogen and oxygen atoms in total. The van der Waals surface area contributed by atoms with Gasteiger partial charge in [0.2, 0.25) is 17.7 Å². The molecule has 6 N–H and O–H groups in total. The van der Waals surface area contributed by atoms with Gasteiger partial charge in [-0.15, -0.1) is 0 Å². The lowest BCUT2D eigenvalue weighted by atomic mass is 9.73. The number of carboxylic acid groups (broad SMARTS) is 3. The molecule has 0 bridgehead atoms. The van der Waals surface area contributed by atoms with Crippen LogP contribution in [0.15, 0.2) is 91.0 Å². The van der Waals surface area contributed by atoms with Crippen LogP contribution in [-0.2, 0) is 28.8 Å². The van der Waals surface area contributed by atoms with Crippen LogP contribution in [0.2, 0.25) is 0 Å². The first-order valence-electron chi connectivity index (χ1n) is 14.3. The minimum atomic E-state index is -1.40. The Labute approximate surface area is 258 Å². The van der Waals surface area contributed by atoms with Crippen LogP contribution in [0.1, 0.15) is 54.1 Å². The number of benzene rings is 3. The molecule has 0 saturated heterocycles. The van der Waals surface area contributed by atoms with E-state index in [0.29, 0.717) is 16.7 Å². The van der Waals surface area contributed by atoms with Crippen LogP contribution in [0.25, 0.3) is 0 Å². The largest absolute Gasteiger partial charge is 0.479 e. The maximum absolute atomic E-state index is 13.5. The van der Waals surface area contributed by atoms with E-state index in [1.807, 2.05) is 0 Å². The monoisotopic (exact) mass is 615 g/mol. The number of hydrogen-bond acceptors (Lipinski definition) is 6. The molecule has 3 amide bonds. The summed E-state index contributed by atoms with van der Waals surface area (Å²) in [6.07, 6.45) is -0.278. The van der Waals surface area contributed by atoms with Crippen LogP contribution in [-0.4, -0.2) is 50.9 Å². The van der Waals surface area contributed by atoms with E-state index < -0.39 is 71.5 Å². The zero-order chi connectivity index (χ0) is 32.5. The van der Waals surface area contributed by atoms with Crippen LogP contribution in [0.5, 0.6) is 0 Å². The molecule has 12 heteroatoms. The molecule has 0 heterocycles. The van der Waals surface area contributed by atoms with Crippen molar-refractivity contribution in [2.24, 2.45) is 17.8 Å². The molecule has 234 valence electrons. The Morgan fingerprint density at radius 2 is 0.667 bits per heavy atom. The maximum Gasteiger partial charge on any atom is 0.330 e. The zero-order valence-electron chi connectivity index (χ0n) is 24.0. The summed E-state index contributed by atoms with van der Waals surface area (Å²) >= 11 is 0. The standard InChI is InChI=1S/C33H33N3O9/c37-28(34-25(31(40)41)19-10-4-1-5-11-19)22-16-23(29(38)35-26(32(42)43)20-12-6-2-7-13-20)18-24(17-22)30(39)36-27(33(44)45)21-14-8-3-9-15-21/h1-15,22-27H,16-18H2,(H,34,37)(H,35,38)(H,36,39)(H,40,41)(H,42,43)(H,44,45). The second kappa shape index (κ2) is 14.8. The first-order chi connectivity index (χ1) is 21.5. The average Bonchev–Trinajstić information content (AvgIpc) is 3.05. The van der Waals surface area contributed by atoms with Gasteiger partial charge < -0.3 is 31.3 Å². The molecule has 0 aromatic heterocycles. The van der Waals surface area contributed by atoms with Crippen molar-refractivity contribution < 1.29 is 44.1 Å². The molecule has 0 spiro atoms. The molecule has 1 aliphatic carbocycles. The molecule has 3 aromatic rings. The quantitative estimate of drug-likeness (QED) is 0.177. The molecule has 1 saturated carbocycles. The number of carbonyl (C=O) groups is 6. The summed E-state index contributed by atoms with van der Waals surface area (Å²) < 4.78 is 0. The van der Waals surface area contributed by atoms with Gasteiger partial charge in [-0.05, 0) is 36.0 Å². The molecule has 3 aromatic carbocycles. The van der Waals surface area contributed by atoms with E-state index in [9.17, 15) is 44.1 Å². The van der Waals surface area contributed by atoms with Gasteiger partial charge in [0.15, 0.2) is 18.1 Å². The first kappa shape index (κ1) is 32.4. The Kier molecular flexibility index (Phi) is 10.6. The van der Waals surface area contributed by atoms with E-state index in [0.717, 1.165) is 0 Å². The number of carboxylic acids is 3. The Balaban J connectivity index is 1.59. The van der Waals surface area contributed by atoms with Crippen LogP contribution in [0, 0.1) is 17.8 Å². The number of amides is 3. The molecule has 4 rings (SSSR count). The Morgan fingerprint density at radius 3 is 0.867 bits per heavy atom. The van der Waals surface area contributed by atoms with Crippen molar-refractivity contribution in [2.75, 3.05) is 0 Å². The van der Waals surface area contributed by atoms with Crippen molar-refractivity contribution in [1.82, 2.24) is 16.0 Å². The summed E-state index contributed by atoms with van der Waals surface area (Å²) in [4.78, 5) is 76.6. The normalized spacial score (nSPS) is 19.6. The van der Waals surface area contributed by atoms with Crippen molar-refractivity contribution in [3.05, 3.63) is 108 Å². The summed E-state index contributed by atoms with van der Waals surface area (Å²) in [5.74, 6) is -9.12. The first-order valence-corrected chi connectivity index (χ1v) is 14.3. The van der Waals surface area contributed by atoms with E-state index >= 15 is 0 Å². The second-order valence-corrected chi connectivity index (χ2v) is 10.9. The lowest BCUT2D eigenvalue weighted by Crippen LogP contribution is -2.47. The summed E-state index contributed by atoms with van der Waals surface area (Å²) in [7, 11) is 0. The third kappa shape index (κ3) is 8.31. The predicted molar refractivity (Wildman–Crippen MR) is 159 cm³/mol. The van der Waals surface area contributed by atoms with Crippen molar-refractivity contribution >= 4 is 35.6 Å². The molecule has 3 unspecified atom stereocenters. The highest BCUT2D eigenvalue weighted by atomic mass is 16.4. The van der Waals surface area contributed by atoms with Crippen LogP contribution < -0.4 is 16.0 Å². The van der Waals surface area contributed by atoms with Crippen molar-refractivity contribution in [2.45, 2.75) is 37.4 Å². The summed E-state index contributed by atoms with van der Waals surface area (Å²) in [5, 5.41) is 37.0. The molecule has 1 aliphatic rings. The van der Waals surface area contributed by atoms with E-state index in [1.54, 1.807) is 54.6 Å². The summed E-state index contributed by atoms with van der Waals surface area (Å²) in [6.45, 7) is 0. The van der Waals surface area contributed by atoms with E-state index in [-0.39, 0.29) is 19.3 Å². The highest BCUT2D eigenvalue weighted by Crippen LogP contribution is 2.35. The van der Waals surface area contributed by atoms with Gasteiger partial charge in [0, 0.05) is 17.8 Å². The molecular weight excluding hydrogens is 582 g/mol. The summed E-state index contributed by atoms with van der Waals surface area (Å²) in [6, 6.07) is 19.8. The number of rotatable bonds is 12. The number of carbonyl (C=O) groups excluding carboxylic acids is 3. The Hall–Kier alpha value is -5.52. The van der Waals surface area contributed by atoms with Gasteiger partial charge in [-0.1, -0.05) is 91.0 Å². The topological polar surface area (TPSA) is 199 Å². The van der Waals surface area contributed by atoms with Crippen molar-refractivity contribution in [3.63, 3.8) is 0 Å². The fourth-order valence-corrected chi connectivity index (χ4v) is 5.54. The molecule has 45 heavy (non-hydrogen) atoms. The number of nitrogens with one attached hydrogen (secondary N) is 3. The van der Waals surface area contributed by atoms with Crippen molar-refractivity contribution in [3.8, 4) is 0 Å². The lowest BCUT2D eigenvalue weighted by molar-refractivity contribution is -0.146. The van der Waals surface area contributed by atoms with Gasteiger partial charge >= 0.3 is 17.9 Å². The fourth-order valence-electron chi connectivity index (χ4n) is 5.54. The SMILES string of the molecule is O=C(NC(C(=O)O)c1ccccc1)C1CC(C(=O)NC(C(=O)O)c2ccccc2)CC(C(=O)NC(C(=O)O)c2ccccc2)C1. The van der Waals surface area contributed by atoms with Gasteiger partial charge in [-0.25, -0.2) is 14.4 Å². The van der Waals surface area contributed by atoms with E-state index in [2.05, 4.69) is 16.0 Å². The van der Waals surface area contributed by atoms with Crippen LogP contribution in [0.4, 0.5) is 0 Å². The number of aliphatic carboxylic acids is 3. The van der Waals surface area contributed by atoms with E-state index in [4.69, 9.17) is 0 Å². The predicted octanol–water partition coefficient (Wildman–Crippen LogP) is 2.85. The van der Waals surface area contributed by atoms with Crippen LogP contribution >= 0.6 is 0 Å². The molecule has 0 radical (unpaired) electrons. The Morgan fingerprint density at radius 1 is 0.444 bits per heavy atom. The van der Waals surface area contributed by atoms with Gasteiger partial charge in [0.05, 0.1) is 0 Å². The molecule has 0 aliphatic heterocycles. The average molecular weight is 616 g/mol. The number of hydrogen-bond donors (Lipinski definition) is 6. The minimum absolute atomic E-state index is 0.0925. The van der Waals surface area contributed by atoms with E-state index in [1.165, 1.54) is 36.4 Å². The zero-order valence-corrected chi connectivity index (χ0v) is 24.0. The van der Waals surface area contributed by atoms with Gasteiger partial charge in [-0.2, -0.15) is 0 Å². The fraction of sp³-hybridized carbons (Fsp3) is 0.273. The van der Waals surface area contributed by atoms with Gasteiger partial charge in [-0.3, -0.25) is 14.4 Å². The second-order valence-electron chi connectivity index (χ2n) is 10.9. The summed E-state index contributed by atoms with van der Waals surface area (Å²) in [5.41, 5.74) is 0.950. The van der Waals surface area contributed by atoms with Gasteiger partial charge in [0.25, 0.3) is 0 Å². The third-order valence-electron chi connectivity index (χ3n) is 7.82. The highest BCUT2D eigenvalue weighted by Gasteiger charge is 2.41. The Bertz CT molecular complexity index is 1340. The third-order valence-corrected chi connectivity index (χ3v) is 7.82. The maximum atomic E-state index is 13.5. The molecular formula is C33H33N3O9. The minimum Gasteiger partial charge on any atom is -0.479 e. The molecule has 3 atom stereocenters. The van der Waals surface area contributed by atoms with Crippen molar-refractivity contribution in [1.29, 1.82) is 0 Å². The smallest absolute Gasteiger partial charge is 0.330 e. The van der Waals surface area contributed by atoms with Crippen LogP contribution in [0.3, 0.4) is 0 Å².